The molecule has 0 saturated heterocycles. The Hall–Kier alpha value is -2.48. The van der Waals surface area contributed by atoms with Gasteiger partial charge in [0.2, 0.25) is 10.0 Å². The molecular weight excluding hydrogens is 432 g/mol. The lowest BCUT2D eigenvalue weighted by atomic mass is 10.3. The molecule has 0 spiro atoms. The number of sulfonamides is 2. The Kier molecular flexibility index (Phi) is 6.77. The number of thiophene rings is 1. The van der Waals surface area contributed by atoms with Crippen LogP contribution in [-0.2, 0) is 29.6 Å². The topological polar surface area (TPSA) is 156 Å². The van der Waals surface area contributed by atoms with Gasteiger partial charge in [0.25, 0.3) is 10.0 Å². The summed E-state index contributed by atoms with van der Waals surface area (Å²) < 4.78 is 57.5. The van der Waals surface area contributed by atoms with Crippen molar-refractivity contribution >= 4 is 49.0 Å². The number of anilines is 1. The highest BCUT2D eigenvalue weighted by atomic mass is 32.2. The van der Waals surface area contributed by atoms with Crippen molar-refractivity contribution in [1.29, 1.82) is 0 Å². The number of benzene rings is 1. The smallest absolute Gasteiger partial charge is 0.336 e. The number of rotatable bonds is 9. The second kappa shape index (κ2) is 8.68. The van der Waals surface area contributed by atoms with Crippen molar-refractivity contribution in [2.45, 2.75) is 15.5 Å². The van der Waals surface area contributed by atoms with Crippen molar-refractivity contribution in [3.63, 3.8) is 0 Å². The third-order valence-electron chi connectivity index (χ3n) is 3.35. The molecule has 0 fully saturated rings. The minimum atomic E-state index is -4.01. The summed E-state index contributed by atoms with van der Waals surface area (Å²) in [5.41, 5.74) is -0.0522. The van der Waals surface area contributed by atoms with E-state index in [1.54, 1.807) is 0 Å². The van der Waals surface area contributed by atoms with Gasteiger partial charge in [-0.05, 0) is 30.3 Å². The molecule has 0 atom stereocenters. The Morgan fingerprint density at radius 1 is 1.11 bits per heavy atom. The van der Waals surface area contributed by atoms with Gasteiger partial charge in [-0.2, -0.15) is 0 Å². The van der Waals surface area contributed by atoms with Crippen LogP contribution in [0.15, 0.2) is 44.8 Å². The molecule has 0 aliphatic heterocycles. The number of hydrogen-bond acceptors (Lipinski definition) is 8. The SMILES string of the molecule is COC(=O)CCNS(=O)(=O)c1ccc(NS(=O)(=O)c2cc(C(=O)O)cs2)cc1. The first-order valence-electron chi connectivity index (χ1n) is 7.56. The van der Waals surface area contributed by atoms with Gasteiger partial charge in [0, 0.05) is 17.6 Å². The number of aromatic carboxylic acids is 1. The summed E-state index contributed by atoms with van der Waals surface area (Å²) in [6.45, 7) is -0.145. The minimum Gasteiger partial charge on any atom is -0.478 e. The average molecular weight is 449 g/mol. The first kappa shape index (κ1) is 21.8. The van der Waals surface area contributed by atoms with Crippen LogP contribution in [0.25, 0.3) is 0 Å². The molecule has 10 nitrogen and oxygen atoms in total. The Morgan fingerprint density at radius 3 is 2.29 bits per heavy atom. The molecule has 2 aromatic rings. The van der Waals surface area contributed by atoms with E-state index >= 15 is 0 Å². The maximum Gasteiger partial charge on any atom is 0.336 e. The number of hydrogen-bond donors (Lipinski definition) is 3. The van der Waals surface area contributed by atoms with E-state index in [1.165, 1.54) is 36.8 Å². The van der Waals surface area contributed by atoms with Crippen LogP contribution in [0.5, 0.6) is 0 Å². The van der Waals surface area contributed by atoms with Gasteiger partial charge in [-0.3, -0.25) is 9.52 Å². The Bertz CT molecular complexity index is 1070. The van der Waals surface area contributed by atoms with Crippen LogP contribution >= 0.6 is 11.3 Å². The molecule has 13 heteroatoms. The van der Waals surface area contributed by atoms with E-state index in [9.17, 15) is 26.4 Å². The number of ether oxygens (including phenoxy) is 1. The summed E-state index contributed by atoms with van der Waals surface area (Å²) >= 11 is 0.750. The lowest BCUT2D eigenvalue weighted by molar-refractivity contribution is -0.140. The summed E-state index contributed by atoms with van der Waals surface area (Å²) in [6, 6.07) is 5.90. The van der Waals surface area contributed by atoms with E-state index in [0.29, 0.717) is 0 Å². The quantitative estimate of drug-likeness (QED) is 0.481. The highest BCUT2D eigenvalue weighted by Crippen LogP contribution is 2.24. The fraction of sp³-hybridized carbons (Fsp3) is 0.200. The first-order valence-corrected chi connectivity index (χ1v) is 11.4. The number of carboxylic acids is 1. The Morgan fingerprint density at radius 2 is 1.75 bits per heavy atom. The van der Waals surface area contributed by atoms with Crippen molar-refractivity contribution in [2.75, 3.05) is 18.4 Å². The van der Waals surface area contributed by atoms with E-state index < -0.39 is 32.0 Å². The van der Waals surface area contributed by atoms with Crippen molar-refractivity contribution in [2.24, 2.45) is 0 Å². The predicted octanol–water partition coefficient (Wildman–Crippen LogP) is 1.09. The molecular formula is C15H16N2O8S3. The summed E-state index contributed by atoms with van der Waals surface area (Å²) in [5.74, 6) is -1.81. The van der Waals surface area contributed by atoms with Crippen LogP contribution in [0, 0.1) is 0 Å². The van der Waals surface area contributed by atoms with Gasteiger partial charge in [0.15, 0.2) is 0 Å². The summed E-state index contributed by atoms with van der Waals surface area (Å²) in [6.07, 6.45) is -0.132. The van der Waals surface area contributed by atoms with E-state index in [1.807, 2.05) is 0 Å². The average Bonchev–Trinajstić information content (AvgIpc) is 3.13. The molecule has 1 aromatic carbocycles. The molecule has 1 heterocycles. The molecule has 3 N–H and O–H groups in total. The van der Waals surface area contributed by atoms with Gasteiger partial charge >= 0.3 is 11.9 Å². The highest BCUT2D eigenvalue weighted by molar-refractivity contribution is 7.94. The van der Waals surface area contributed by atoms with Gasteiger partial charge in [-0.25, -0.2) is 26.4 Å². The largest absolute Gasteiger partial charge is 0.478 e. The number of esters is 1. The van der Waals surface area contributed by atoms with Crippen LogP contribution in [-0.4, -0.2) is 47.5 Å². The van der Waals surface area contributed by atoms with E-state index in [0.717, 1.165) is 17.4 Å². The number of methoxy groups -OCH3 is 1. The molecule has 0 saturated carbocycles. The normalized spacial score (nSPS) is 11.8. The van der Waals surface area contributed by atoms with E-state index in [2.05, 4.69) is 14.2 Å². The Balaban J connectivity index is 2.09. The van der Waals surface area contributed by atoms with Crippen molar-refractivity contribution in [3.05, 3.63) is 41.3 Å². The summed E-state index contributed by atoms with van der Waals surface area (Å²) in [7, 11) is -6.70. The van der Waals surface area contributed by atoms with E-state index in [4.69, 9.17) is 5.11 Å². The van der Waals surface area contributed by atoms with Crippen LogP contribution in [0.3, 0.4) is 0 Å². The zero-order chi connectivity index (χ0) is 20.9. The number of carbonyl (C=O) groups excluding carboxylic acids is 1. The van der Waals surface area contributed by atoms with Gasteiger partial charge in [-0.15, -0.1) is 11.3 Å². The lowest BCUT2D eigenvalue weighted by Crippen LogP contribution is -2.26. The number of carbonyl (C=O) groups is 2. The first-order chi connectivity index (χ1) is 13.0. The second-order valence-electron chi connectivity index (χ2n) is 5.31. The van der Waals surface area contributed by atoms with Crippen molar-refractivity contribution < 1.29 is 36.3 Å². The van der Waals surface area contributed by atoms with E-state index in [-0.39, 0.29) is 33.3 Å². The molecule has 152 valence electrons. The van der Waals surface area contributed by atoms with Crippen LogP contribution in [0.2, 0.25) is 0 Å². The fourth-order valence-corrected chi connectivity index (χ4v) is 5.19. The molecule has 28 heavy (non-hydrogen) atoms. The van der Waals surface area contributed by atoms with Crippen LogP contribution < -0.4 is 9.44 Å². The van der Waals surface area contributed by atoms with Crippen molar-refractivity contribution in [1.82, 2.24) is 4.72 Å². The number of carboxylic acid groups (broad SMARTS) is 1. The predicted molar refractivity (Wildman–Crippen MR) is 100 cm³/mol. The zero-order valence-corrected chi connectivity index (χ0v) is 16.9. The minimum absolute atomic E-state index is 0.0961. The van der Waals surface area contributed by atoms with Gasteiger partial charge in [0.05, 0.1) is 24.0 Å². The standard InChI is InChI=1S/C15H16N2O8S3/c1-25-13(18)6-7-16-27(21,22)12-4-2-11(3-5-12)17-28(23,24)14-8-10(9-26-14)15(19)20/h2-5,8-9,16-17H,6-7H2,1H3,(H,19,20). The second-order valence-corrected chi connectivity index (χ2v) is 9.90. The third-order valence-corrected chi connectivity index (χ3v) is 7.65. The fourth-order valence-electron chi connectivity index (χ4n) is 1.95. The number of nitrogens with one attached hydrogen (secondary N) is 2. The van der Waals surface area contributed by atoms with Gasteiger partial charge < -0.3 is 9.84 Å². The molecule has 0 aliphatic carbocycles. The highest BCUT2D eigenvalue weighted by Gasteiger charge is 2.20. The maximum atomic E-state index is 12.3. The lowest BCUT2D eigenvalue weighted by Gasteiger charge is -2.09. The van der Waals surface area contributed by atoms with Gasteiger partial charge in [0.1, 0.15) is 4.21 Å². The molecule has 2 rings (SSSR count). The molecule has 0 unspecified atom stereocenters. The molecule has 0 aliphatic rings. The maximum absolute atomic E-state index is 12.3. The molecule has 0 radical (unpaired) electrons. The monoisotopic (exact) mass is 448 g/mol. The van der Waals surface area contributed by atoms with Gasteiger partial charge in [-0.1, -0.05) is 0 Å². The molecule has 1 aromatic heterocycles. The van der Waals surface area contributed by atoms with Crippen molar-refractivity contribution in [3.8, 4) is 0 Å². The molecule has 0 amide bonds. The summed E-state index contributed by atoms with van der Waals surface area (Å²) in [4.78, 5) is 21.8. The third kappa shape index (κ3) is 5.51. The summed E-state index contributed by atoms with van der Waals surface area (Å²) in [5, 5.41) is 10.1. The zero-order valence-electron chi connectivity index (χ0n) is 14.4. The van der Waals surface area contributed by atoms with Crippen LogP contribution in [0.4, 0.5) is 5.69 Å². The Labute approximate surface area is 165 Å². The van der Waals surface area contributed by atoms with Crippen LogP contribution in [0.1, 0.15) is 16.8 Å². The molecule has 0 bridgehead atoms.